The zero-order valence-electron chi connectivity index (χ0n) is 16.3. The van der Waals surface area contributed by atoms with Crippen molar-refractivity contribution in [1.29, 1.82) is 0 Å². The first-order valence-electron chi connectivity index (χ1n) is 9.92. The number of carbonyl (C=O) groups is 1. The molecule has 2 fully saturated rings. The maximum atomic E-state index is 13.1. The molecule has 2 unspecified atom stereocenters. The van der Waals surface area contributed by atoms with Crippen molar-refractivity contribution in [1.82, 2.24) is 9.62 Å². The summed E-state index contributed by atoms with van der Waals surface area (Å²) in [5, 5.41) is 0. The maximum absolute atomic E-state index is 13.1. The van der Waals surface area contributed by atoms with E-state index in [1.807, 2.05) is 0 Å². The van der Waals surface area contributed by atoms with Gasteiger partial charge in [0.25, 0.3) is 15.9 Å². The number of hydrogen-bond donors (Lipinski definition) is 1. The van der Waals surface area contributed by atoms with Crippen molar-refractivity contribution in [2.75, 3.05) is 20.3 Å². The lowest BCUT2D eigenvalue weighted by Gasteiger charge is -2.35. The zero-order valence-corrected chi connectivity index (χ0v) is 17.8. The second kappa shape index (κ2) is 9.11. The Labute approximate surface area is 172 Å². The predicted octanol–water partition coefficient (Wildman–Crippen LogP) is 3.12. The number of halogens is 1. The van der Waals surface area contributed by atoms with E-state index in [2.05, 4.69) is 9.62 Å². The third-order valence-electron chi connectivity index (χ3n) is 5.86. The summed E-state index contributed by atoms with van der Waals surface area (Å²) >= 11 is 6.66. The van der Waals surface area contributed by atoms with Gasteiger partial charge in [0.15, 0.2) is 4.21 Å². The lowest BCUT2D eigenvalue weighted by Crippen LogP contribution is -2.51. The van der Waals surface area contributed by atoms with Gasteiger partial charge in [0.2, 0.25) is 0 Å². The highest BCUT2D eigenvalue weighted by molar-refractivity contribution is 7.92. The molecule has 28 heavy (non-hydrogen) atoms. The fourth-order valence-electron chi connectivity index (χ4n) is 4.47. The maximum Gasteiger partial charge on any atom is 0.264 e. The molecule has 0 aromatic heterocycles. The van der Waals surface area contributed by atoms with Gasteiger partial charge in [-0.25, -0.2) is 13.1 Å². The van der Waals surface area contributed by atoms with E-state index in [1.54, 1.807) is 30.3 Å². The van der Waals surface area contributed by atoms with E-state index in [-0.39, 0.29) is 24.6 Å². The number of carbonyl (C=O) groups excluding carboxylic acids is 1. The van der Waals surface area contributed by atoms with Crippen LogP contribution in [0.4, 0.5) is 0 Å². The molecule has 156 valence electrons. The summed E-state index contributed by atoms with van der Waals surface area (Å²) in [5.74, 6) is -0.680. The molecule has 1 saturated carbocycles. The van der Waals surface area contributed by atoms with Crippen LogP contribution in [0.2, 0.25) is 0 Å². The van der Waals surface area contributed by atoms with Crippen LogP contribution in [0.3, 0.4) is 0 Å². The summed E-state index contributed by atoms with van der Waals surface area (Å²) in [7, 11) is -2.73. The molecular weight excluding hydrogens is 400 g/mol. The highest BCUT2D eigenvalue weighted by Crippen LogP contribution is 2.37. The lowest BCUT2D eigenvalue weighted by molar-refractivity contribution is 0.0978. The Morgan fingerprint density at radius 1 is 1.21 bits per heavy atom. The molecule has 1 N–H and O–H groups in total. The van der Waals surface area contributed by atoms with Gasteiger partial charge in [0.1, 0.15) is 0 Å². The SMILES string of the molecule is COCC(Cl)(CC1CCCN1C1CCCC1)S(=O)(=O)NC(=O)c1ccccc1. The first-order chi connectivity index (χ1) is 13.4. The van der Waals surface area contributed by atoms with E-state index >= 15 is 0 Å². The molecule has 1 amide bonds. The number of likely N-dealkylation sites (tertiary alicyclic amines) is 1. The molecule has 0 spiro atoms. The largest absolute Gasteiger partial charge is 0.382 e. The molecule has 6 nitrogen and oxygen atoms in total. The second-order valence-electron chi connectivity index (χ2n) is 7.79. The van der Waals surface area contributed by atoms with Gasteiger partial charge < -0.3 is 4.74 Å². The van der Waals surface area contributed by atoms with E-state index in [4.69, 9.17) is 16.3 Å². The van der Waals surface area contributed by atoms with Crippen LogP contribution < -0.4 is 4.72 Å². The van der Waals surface area contributed by atoms with Crippen LogP contribution in [-0.2, 0) is 14.8 Å². The first kappa shape index (κ1) is 21.6. The van der Waals surface area contributed by atoms with E-state index in [9.17, 15) is 13.2 Å². The van der Waals surface area contributed by atoms with Crippen LogP contribution in [0, 0.1) is 0 Å². The summed E-state index contributed by atoms with van der Waals surface area (Å²) in [4.78, 5) is 14.8. The van der Waals surface area contributed by atoms with Crippen LogP contribution in [-0.4, -0.2) is 55.8 Å². The van der Waals surface area contributed by atoms with Gasteiger partial charge in [-0.2, -0.15) is 0 Å². The highest BCUT2D eigenvalue weighted by atomic mass is 35.5. The van der Waals surface area contributed by atoms with Crippen molar-refractivity contribution >= 4 is 27.5 Å². The summed E-state index contributed by atoms with van der Waals surface area (Å²) in [6, 6.07) is 8.85. The number of sulfonamides is 1. The summed E-state index contributed by atoms with van der Waals surface area (Å²) < 4.78 is 31.8. The van der Waals surface area contributed by atoms with Crippen LogP contribution in [0.25, 0.3) is 0 Å². The average molecular weight is 429 g/mol. The van der Waals surface area contributed by atoms with E-state index in [1.165, 1.54) is 20.0 Å². The zero-order chi connectivity index (χ0) is 20.2. The van der Waals surface area contributed by atoms with E-state index < -0.39 is 20.1 Å². The molecule has 1 saturated heterocycles. The Morgan fingerprint density at radius 2 is 1.89 bits per heavy atom. The number of nitrogens with zero attached hydrogens (tertiary/aromatic N) is 1. The number of rotatable bonds is 8. The van der Waals surface area contributed by atoms with Gasteiger partial charge in [0.05, 0.1) is 6.61 Å². The fraction of sp³-hybridized carbons (Fsp3) is 0.650. The van der Waals surface area contributed by atoms with Crippen molar-refractivity contribution < 1.29 is 17.9 Å². The molecule has 2 aliphatic rings. The van der Waals surface area contributed by atoms with Gasteiger partial charge in [-0.1, -0.05) is 42.6 Å². The van der Waals surface area contributed by atoms with Gasteiger partial charge >= 0.3 is 0 Å². The monoisotopic (exact) mass is 428 g/mol. The van der Waals surface area contributed by atoms with Gasteiger partial charge in [0, 0.05) is 31.2 Å². The second-order valence-corrected chi connectivity index (χ2v) is 10.7. The highest BCUT2D eigenvalue weighted by Gasteiger charge is 2.47. The third kappa shape index (κ3) is 4.70. The third-order valence-corrected chi connectivity index (χ3v) is 8.44. The molecule has 1 heterocycles. The topological polar surface area (TPSA) is 75.7 Å². The molecule has 1 aromatic rings. The van der Waals surface area contributed by atoms with E-state index in [0.29, 0.717) is 6.04 Å². The minimum absolute atomic E-state index is 0.0825. The van der Waals surface area contributed by atoms with Crippen LogP contribution in [0.5, 0.6) is 0 Å². The molecule has 1 aromatic carbocycles. The molecule has 2 atom stereocenters. The average Bonchev–Trinajstić information content (AvgIpc) is 3.33. The van der Waals surface area contributed by atoms with Crippen molar-refractivity contribution in [2.45, 2.75) is 61.2 Å². The minimum Gasteiger partial charge on any atom is -0.382 e. The minimum atomic E-state index is -4.15. The van der Waals surface area contributed by atoms with Crippen molar-refractivity contribution in [3.63, 3.8) is 0 Å². The Hall–Kier alpha value is -1.15. The van der Waals surface area contributed by atoms with Gasteiger partial charge in [-0.3, -0.25) is 9.69 Å². The summed E-state index contributed by atoms with van der Waals surface area (Å²) in [5.41, 5.74) is 0.274. The van der Waals surface area contributed by atoms with Crippen LogP contribution in [0.15, 0.2) is 30.3 Å². The Morgan fingerprint density at radius 3 is 2.54 bits per heavy atom. The first-order valence-corrected chi connectivity index (χ1v) is 11.8. The van der Waals surface area contributed by atoms with Crippen LogP contribution in [0.1, 0.15) is 55.3 Å². The van der Waals surface area contributed by atoms with Crippen molar-refractivity contribution in [2.24, 2.45) is 0 Å². The molecule has 3 rings (SSSR count). The Bertz CT molecular complexity index is 768. The fourth-order valence-corrected chi connectivity index (χ4v) is 6.10. The number of benzene rings is 1. The van der Waals surface area contributed by atoms with E-state index in [0.717, 1.165) is 32.2 Å². The van der Waals surface area contributed by atoms with Crippen molar-refractivity contribution in [3.8, 4) is 0 Å². The lowest BCUT2D eigenvalue weighted by atomic mass is 10.1. The summed E-state index contributed by atoms with van der Waals surface area (Å²) in [6.07, 6.45) is 6.96. The number of amides is 1. The quantitative estimate of drug-likeness (QED) is 0.644. The number of alkyl halides is 1. The summed E-state index contributed by atoms with van der Waals surface area (Å²) in [6.45, 7) is 0.798. The molecule has 1 aliphatic heterocycles. The number of methoxy groups -OCH3 is 1. The molecule has 1 aliphatic carbocycles. The molecule has 0 radical (unpaired) electrons. The molecule has 8 heteroatoms. The normalized spacial score (nSPS) is 23.6. The Kier molecular flexibility index (Phi) is 7.02. The number of nitrogens with one attached hydrogen (secondary N) is 1. The number of hydrogen-bond acceptors (Lipinski definition) is 5. The van der Waals surface area contributed by atoms with Gasteiger partial charge in [-0.05, 0) is 44.4 Å². The Balaban J connectivity index is 1.76. The predicted molar refractivity (Wildman–Crippen MR) is 110 cm³/mol. The molecular formula is C20H29ClN2O4S. The number of ether oxygens (including phenoxy) is 1. The molecule has 0 bridgehead atoms. The van der Waals surface area contributed by atoms with Crippen molar-refractivity contribution in [3.05, 3.63) is 35.9 Å². The van der Waals surface area contributed by atoms with Crippen LogP contribution >= 0.6 is 11.6 Å². The smallest absolute Gasteiger partial charge is 0.264 e. The standard InChI is InChI=1S/C20H29ClN2O4S/c1-27-15-20(21,14-18-12-7-13-23(18)17-10-5-6-11-17)28(25,26)22-19(24)16-8-3-2-4-9-16/h2-4,8-9,17-18H,5-7,10-15H2,1H3,(H,22,24). The van der Waals surface area contributed by atoms with Gasteiger partial charge in [-0.15, -0.1) is 0 Å².